The zero-order valence-electron chi connectivity index (χ0n) is 11.3. The van der Waals surface area contributed by atoms with Crippen LogP contribution in [0.2, 0.25) is 10.0 Å². The Kier molecular flexibility index (Phi) is 4.83. The van der Waals surface area contributed by atoms with Gasteiger partial charge in [0.05, 0.1) is 21.5 Å². The van der Waals surface area contributed by atoms with Gasteiger partial charge in [-0.2, -0.15) is 0 Å². The summed E-state index contributed by atoms with van der Waals surface area (Å²) in [7, 11) is 0. The molecule has 108 valence electrons. The number of hydrogen-bond acceptors (Lipinski definition) is 3. The topological polar surface area (TPSA) is 53.5 Å². The van der Waals surface area contributed by atoms with E-state index in [1.54, 1.807) is 37.4 Å². The lowest BCUT2D eigenvalue weighted by atomic mass is 10.2. The first-order valence-electron chi connectivity index (χ1n) is 6.15. The second-order valence-corrected chi connectivity index (χ2v) is 5.02. The Morgan fingerprint density at radius 3 is 2.71 bits per heavy atom. The second-order valence-electron chi connectivity index (χ2n) is 4.21. The lowest BCUT2D eigenvalue weighted by molar-refractivity contribution is 0.0965. The minimum atomic E-state index is -0.313. The van der Waals surface area contributed by atoms with Gasteiger partial charge in [-0.1, -0.05) is 29.8 Å². The van der Waals surface area contributed by atoms with Crippen molar-refractivity contribution in [3.63, 3.8) is 0 Å². The number of rotatable bonds is 3. The molecule has 6 heteroatoms. The molecule has 1 aromatic rings. The standard InChI is InChI=1S/C15H13Cl2N3O/c1-3-14(19-13-6-7-18-9(13)2)20-15(21)10-4-5-11(16)12(17)8-10/h3-8,18H,2H2,1H3,(H,20,21)/b14-3+,19-13-. The zero-order chi connectivity index (χ0) is 15.4. The fourth-order valence-electron chi connectivity index (χ4n) is 1.62. The van der Waals surface area contributed by atoms with Crippen molar-refractivity contribution in [3.8, 4) is 0 Å². The molecule has 2 rings (SSSR count). The minimum absolute atomic E-state index is 0.313. The maximum absolute atomic E-state index is 12.2. The predicted molar refractivity (Wildman–Crippen MR) is 86.5 cm³/mol. The maximum Gasteiger partial charge on any atom is 0.256 e. The van der Waals surface area contributed by atoms with Crippen molar-refractivity contribution < 1.29 is 4.79 Å². The highest BCUT2D eigenvalue weighted by Crippen LogP contribution is 2.22. The molecule has 1 amide bonds. The molecule has 0 spiro atoms. The third kappa shape index (κ3) is 3.74. The fraction of sp³-hybridized carbons (Fsp3) is 0.0667. The number of aliphatic imine (C=N–C) groups is 1. The van der Waals surface area contributed by atoms with E-state index in [0.717, 1.165) is 0 Å². The van der Waals surface area contributed by atoms with Gasteiger partial charge >= 0.3 is 0 Å². The molecule has 0 fully saturated rings. The van der Waals surface area contributed by atoms with Gasteiger partial charge in [-0.3, -0.25) is 4.79 Å². The minimum Gasteiger partial charge on any atom is -0.360 e. The number of halogens is 2. The van der Waals surface area contributed by atoms with Gasteiger partial charge in [-0.15, -0.1) is 0 Å². The van der Waals surface area contributed by atoms with Crippen molar-refractivity contribution in [2.75, 3.05) is 0 Å². The van der Waals surface area contributed by atoms with E-state index in [9.17, 15) is 4.79 Å². The number of carbonyl (C=O) groups excluding carboxylic acids is 1. The second kappa shape index (κ2) is 6.61. The van der Waals surface area contributed by atoms with E-state index < -0.39 is 0 Å². The van der Waals surface area contributed by atoms with Crippen LogP contribution in [0.3, 0.4) is 0 Å². The summed E-state index contributed by atoms with van der Waals surface area (Å²) in [5.41, 5.74) is 1.75. The van der Waals surface area contributed by atoms with Crippen LogP contribution in [0.5, 0.6) is 0 Å². The van der Waals surface area contributed by atoms with Gasteiger partial charge in [0, 0.05) is 11.8 Å². The van der Waals surface area contributed by atoms with E-state index >= 15 is 0 Å². The molecular formula is C15H13Cl2N3O. The molecule has 0 radical (unpaired) electrons. The normalized spacial score (nSPS) is 16.2. The highest BCUT2D eigenvalue weighted by atomic mass is 35.5. The molecule has 0 aliphatic carbocycles. The van der Waals surface area contributed by atoms with Crippen molar-refractivity contribution in [2.24, 2.45) is 4.99 Å². The Labute approximate surface area is 132 Å². The van der Waals surface area contributed by atoms with Gasteiger partial charge in [0.2, 0.25) is 0 Å². The van der Waals surface area contributed by atoms with Crippen LogP contribution in [0.15, 0.2) is 59.6 Å². The average Bonchev–Trinajstić information content (AvgIpc) is 2.86. The molecule has 0 atom stereocenters. The van der Waals surface area contributed by atoms with Crippen LogP contribution >= 0.6 is 23.2 Å². The molecule has 1 aromatic carbocycles. The Hall–Kier alpha value is -2.04. The molecule has 0 unspecified atom stereocenters. The summed E-state index contributed by atoms with van der Waals surface area (Å²) in [5.74, 6) is 0.113. The van der Waals surface area contributed by atoms with Crippen molar-refractivity contribution in [3.05, 3.63) is 70.3 Å². The Morgan fingerprint density at radius 1 is 1.38 bits per heavy atom. The van der Waals surface area contributed by atoms with E-state index in [0.29, 0.717) is 32.8 Å². The van der Waals surface area contributed by atoms with E-state index in [2.05, 4.69) is 22.2 Å². The third-order valence-electron chi connectivity index (χ3n) is 2.75. The van der Waals surface area contributed by atoms with Gasteiger partial charge < -0.3 is 10.6 Å². The summed E-state index contributed by atoms with van der Waals surface area (Å²) in [6, 6.07) is 4.68. The molecule has 1 aliphatic rings. The van der Waals surface area contributed by atoms with Crippen LogP contribution in [0.4, 0.5) is 0 Å². The van der Waals surface area contributed by atoms with Gasteiger partial charge in [0.25, 0.3) is 5.91 Å². The number of benzene rings is 1. The summed E-state index contributed by atoms with van der Waals surface area (Å²) < 4.78 is 0. The Bertz CT molecular complexity index is 690. The van der Waals surface area contributed by atoms with Crippen molar-refractivity contribution in [2.45, 2.75) is 6.92 Å². The highest BCUT2D eigenvalue weighted by molar-refractivity contribution is 6.42. The SMILES string of the molecule is C=C1NC=C/C1=N/C(=C\C)NC(=O)c1ccc(Cl)c(Cl)c1. The molecule has 0 aromatic heterocycles. The monoisotopic (exact) mass is 321 g/mol. The van der Waals surface area contributed by atoms with E-state index in [-0.39, 0.29) is 5.91 Å². The summed E-state index contributed by atoms with van der Waals surface area (Å²) in [6.45, 7) is 5.59. The maximum atomic E-state index is 12.2. The van der Waals surface area contributed by atoms with Crippen molar-refractivity contribution in [1.29, 1.82) is 0 Å². The first-order valence-corrected chi connectivity index (χ1v) is 6.90. The third-order valence-corrected chi connectivity index (χ3v) is 3.48. The van der Waals surface area contributed by atoms with Crippen LogP contribution in [-0.4, -0.2) is 11.6 Å². The first kappa shape index (κ1) is 15.4. The summed E-state index contributed by atoms with van der Waals surface area (Å²) in [4.78, 5) is 16.5. The van der Waals surface area contributed by atoms with Crippen LogP contribution < -0.4 is 10.6 Å². The molecular weight excluding hydrogens is 309 g/mol. The summed E-state index contributed by atoms with van der Waals surface area (Å²) >= 11 is 11.7. The quantitative estimate of drug-likeness (QED) is 0.892. The summed E-state index contributed by atoms with van der Waals surface area (Å²) in [5, 5.41) is 6.36. The molecule has 1 aliphatic heterocycles. The highest BCUT2D eigenvalue weighted by Gasteiger charge is 2.11. The number of hydrogen-bond donors (Lipinski definition) is 2. The number of nitrogens with zero attached hydrogens (tertiary/aromatic N) is 1. The van der Waals surface area contributed by atoms with E-state index in [1.807, 2.05) is 0 Å². The van der Waals surface area contributed by atoms with Crippen molar-refractivity contribution >= 4 is 34.8 Å². The van der Waals surface area contributed by atoms with Crippen molar-refractivity contribution in [1.82, 2.24) is 10.6 Å². The lowest BCUT2D eigenvalue weighted by Gasteiger charge is -2.07. The number of nitrogens with one attached hydrogen (secondary N) is 2. The lowest BCUT2D eigenvalue weighted by Crippen LogP contribution is -2.22. The number of allylic oxidation sites excluding steroid dienone is 2. The largest absolute Gasteiger partial charge is 0.360 e. The van der Waals surface area contributed by atoms with E-state index in [1.165, 1.54) is 6.07 Å². The molecule has 1 heterocycles. The molecule has 0 bridgehead atoms. The van der Waals surface area contributed by atoms with Crippen LogP contribution in [0.25, 0.3) is 0 Å². The Balaban J connectivity index is 2.15. The Morgan fingerprint density at radius 2 is 2.14 bits per heavy atom. The van der Waals surface area contributed by atoms with Crippen LogP contribution in [0, 0.1) is 0 Å². The van der Waals surface area contributed by atoms with Crippen LogP contribution in [-0.2, 0) is 0 Å². The molecule has 21 heavy (non-hydrogen) atoms. The van der Waals surface area contributed by atoms with Gasteiger partial charge in [-0.25, -0.2) is 4.99 Å². The number of amides is 1. The summed E-state index contributed by atoms with van der Waals surface area (Å²) in [6.07, 6.45) is 5.20. The predicted octanol–water partition coefficient (Wildman–Crippen LogP) is 3.66. The molecule has 0 saturated carbocycles. The zero-order valence-corrected chi connectivity index (χ0v) is 12.8. The van der Waals surface area contributed by atoms with Gasteiger partial charge in [-0.05, 0) is 37.3 Å². The first-order chi connectivity index (χ1) is 10.0. The van der Waals surface area contributed by atoms with E-state index in [4.69, 9.17) is 23.2 Å². The smallest absolute Gasteiger partial charge is 0.256 e. The molecule has 2 N–H and O–H groups in total. The molecule has 4 nitrogen and oxygen atoms in total. The van der Waals surface area contributed by atoms with Gasteiger partial charge in [0.1, 0.15) is 5.82 Å². The van der Waals surface area contributed by atoms with Crippen LogP contribution in [0.1, 0.15) is 17.3 Å². The fourth-order valence-corrected chi connectivity index (χ4v) is 1.92. The van der Waals surface area contributed by atoms with Gasteiger partial charge in [0.15, 0.2) is 0 Å². The number of carbonyl (C=O) groups is 1. The average molecular weight is 322 g/mol. The molecule has 0 saturated heterocycles.